The van der Waals surface area contributed by atoms with E-state index in [2.05, 4.69) is 48.3 Å². The average Bonchev–Trinajstić information content (AvgIpc) is 3.37. The van der Waals surface area contributed by atoms with Crippen LogP contribution in [0.5, 0.6) is 0 Å². The fourth-order valence-corrected chi connectivity index (χ4v) is 10.8. The molecule has 3 aliphatic heterocycles. The quantitative estimate of drug-likeness (QED) is 0.462. The highest BCUT2D eigenvalue weighted by molar-refractivity contribution is 5.82. The monoisotopic (exact) mass is 542 g/mol. The smallest absolute Gasteiger partial charge is 0.105 e. The van der Waals surface area contributed by atoms with Crippen molar-refractivity contribution in [1.29, 1.82) is 0 Å². The first-order valence-electron chi connectivity index (χ1n) is 15.1. The normalized spacial score (nSPS) is 50.6. The van der Waals surface area contributed by atoms with Gasteiger partial charge < -0.3 is 25.2 Å². The van der Waals surface area contributed by atoms with Gasteiger partial charge >= 0.3 is 0 Å². The van der Waals surface area contributed by atoms with E-state index in [9.17, 15) is 20.4 Å². The van der Waals surface area contributed by atoms with Crippen molar-refractivity contribution in [3.05, 3.63) is 65.5 Å². The number of aromatic nitrogens is 1. The molecule has 1 unspecified atom stereocenters. The van der Waals surface area contributed by atoms with Crippen LogP contribution in [0.4, 0.5) is 0 Å². The number of ether oxygens (including phenoxy) is 1. The van der Waals surface area contributed by atoms with E-state index in [1.54, 1.807) is 0 Å². The molecular formula is C33H38N2O5. The molecule has 9 rings (SSSR count). The largest absolute Gasteiger partial charge is 0.389 e. The van der Waals surface area contributed by atoms with E-state index < -0.39 is 30.0 Å². The summed E-state index contributed by atoms with van der Waals surface area (Å²) in [6, 6.07) is 8.70. The van der Waals surface area contributed by atoms with Gasteiger partial charge in [0.25, 0.3) is 0 Å². The Morgan fingerprint density at radius 1 is 1.00 bits per heavy atom. The lowest BCUT2D eigenvalue weighted by atomic mass is 9.55. The summed E-state index contributed by atoms with van der Waals surface area (Å²) in [7, 11) is 0. The standard InChI is InChI=1S/C33H38N2O5/c1-30-6-4-21-11-23-28(38)29(39)24(35-16-25(36)26(37)17-35)14-31(23)7-8-33(21,40-31)27(30)12-22-13-32(22,30)20-3-2-18-5-9-34-15-19(18)10-20/h2-5,9-11,15,22,24-29,36-39H,6-8,12-14,16-17H2,1H3/t22-,24-,25-,26-,27+,28+,29-,30-,31+,32-,33?/m0/s1. The average molecular weight is 543 g/mol. The summed E-state index contributed by atoms with van der Waals surface area (Å²) in [6.07, 6.45) is 10.4. The van der Waals surface area contributed by atoms with Crippen molar-refractivity contribution in [2.45, 2.75) is 92.5 Å². The second-order valence-corrected chi connectivity index (χ2v) is 14.3. The summed E-state index contributed by atoms with van der Waals surface area (Å²) < 4.78 is 7.37. The van der Waals surface area contributed by atoms with Gasteiger partial charge in [-0.05, 0) is 90.0 Å². The van der Waals surface area contributed by atoms with Crippen LogP contribution in [0.3, 0.4) is 0 Å². The van der Waals surface area contributed by atoms with E-state index in [1.807, 2.05) is 17.3 Å². The molecule has 7 heteroatoms. The summed E-state index contributed by atoms with van der Waals surface area (Å²) in [4.78, 5) is 6.34. The van der Waals surface area contributed by atoms with Crippen LogP contribution in [0.1, 0.15) is 51.0 Å². The van der Waals surface area contributed by atoms with E-state index in [0.29, 0.717) is 31.3 Å². The van der Waals surface area contributed by atoms with Crippen LogP contribution < -0.4 is 0 Å². The van der Waals surface area contributed by atoms with Crippen LogP contribution >= 0.6 is 0 Å². The third kappa shape index (κ3) is 2.75. The topological polar surface area (TPSA) is 106 Å². The van der Waals surface area contributed by atoms with Crippen LogP contribution in [0.15, 0.2) is 60.0 Å². The molecule has 7 aliphatic rings. The van der Waals surface area contributed by atoms with Crippen molar-refractivity contribution < 1.29 is 25.2 Å². The molecule has 1 aromatic carbocycles. The Kier molecular flexibility index (Phi) is 4.66. The molecule has 7 nitrogen and oxygen atoms in total. The van der Waals surface area contributed by atoms with Gasteiger partial charge in [0.2, 0.25) is 0 Å². The van der Waals surface area contributed by atoms with Gasteiger partial charge in [0.05, 0.1) is 29.5 Å². The molecule has 210 valence electrons. The Balaban J connectivity index is 1.10. The van der Waals surface area contributed by atoms with E-state index in [-0.39, 0.29) is 22.5 Å². The molecule has 2 spiro atoms. The van der Waals surface area contributed by atoms with Crippen LogP contribution in [-0.4, -0.2) is 85.1 Å². The van der Waals surface area contributed by atoms with E-state index >= 15 is 0 Å². The summed E-state index contributed by atoms with van der Waals surface area (Å²) in [6.45, 7) is 3.10. The molecule has 0 amide bonds. The predicted molar refractivity (Wildman–Crippen MR) is 148 cm³/mol. The summed E-state index contributed by atoms with van der Waals surface area (Å²) in [5, 5.41) is 45.5. The number of fused-ring (bicyclic) bond motifs is 4. The first-order valence-corrected chi connectivity index (χ1v) is 15.1. The molecule has 2 aromatic rings. The number of β-amino-alcohol motifs (C(OH)–C–C–N with tert-alkyl or cyclic N) is 2. The highest BCUT2D eigenvalue weighted by Crippen LogP contribution is 2.80. The third-order valence-corrected chi connectivity index (χ3v) is 12.8. The fourth-order valence-electron chi connectivity index (χ4n) is 10.8. The predicted octanol–water partition coefficient (Wildman–Crippen LogP) is 2.61. The fraction of sp³-hybridized carbons (Fsp3) is 0.606. The first-order chi connectivity index (χ1) is 19.2. The minimum atomic E-state index is -1.02. The minimum Gasteiger partial charge on any atom is -0.389 e. The molecule has 0 radical (unpaired) electrons. The van der Waals surface area contributed by atoms with Gasteiger partial charge in [-0.2, -0.15) is 0 Å². The maximum atomic E-state index is 11.4. The zero-order chi connectivity index (χ0) is 27.2. The van der Waals surface area contributed by atoms with Crippen LogP contribution in [0.25, 0.3) is 10.8 Å². The van der Waals surface area contributed by atoms with E-state index in [4.69, 9.17) is 4.74 Å². The van der Waals surface area contributed by atoms with Crippen molar-refractivity contribution in [2.75, 3.05) is 13.1 Å². The number of allylic oxidation sites excluding steroid dienone is 1. The number of nitrogens with zero attached hydrogens (tertiary/aromatic N) is 2. The van der Waals surface area contributed by atoms with Crippen LogP contribution in [-0.2, 0) is 10.2 Å². The maximum Gasteiger partial charge on any atom is 0.105 e. The van der Waals surface area contributed by atoms with E-state index in [1.165, 1.54) is 28.3 Å². The van der Waals surface area contributed by atoms with Gasteiger partial charge in [-0.1, -0.05) is 31.2 Å². The number of likely N-dealkylation sites (tertiary alicyclic amines) is 1. The molecule has 4 aliphatic carbocycles. The van der Waals surface area contributed by atoms with Gasteiger partial charge in [0, 0.05) is 42.3 Å². The molecule has 2 saturated heterocycles. The number of rotatable bonds is 2. The summed E-state index contributed by atoms with van der Waals surface area (Å²) in [5.74, 6) is 1.03. The number of aliphatic hydroxyl groups excluding tert-OH is 4. The summed E-state index contributed by atoms with van der Waals surface area (Å²) in [5.41, 5.74) is 2.70. The lowest BCUT2D eigenvalue weighted by Gasteiger charge is -2.57. The molecule has 5 fully saturated rings. The van der Waals surface area contributed by atoms with Gasteiger partial charge in [0.15, 0.2) is 0 Å². The SMILES string of the molecule is C[C@]12CC=C3C=C4[C@@H](O)[C@@H](O)[C@@H](N5C[C@H](O)[C@@H](O)C5)C[C@]45CCC3(O5)[C@@H]1C[C@H]1C[C@]12c1ccc2ccncc2c1. The number of hydrogen-bond acceptors (Lipinski definition) is 7. The second kappa shape index (κ2) is 7.63. The van der Waals surface area contributed by atoms with Gasteiger partial charge in [-0.15, -0.1) is 0 Å². The lowest BCUT2D eigenvalue weighted by molar-refractivity contribution is -0.170. The zero-order valence-electron chi connectivity index (χ0n) is 22.9. The number of pyridine rings is 1. The van der Waals surface area contributed by atoms with Gasteiger partial charge in [-0.25, -0.2) is 0 Å². The molecule has 4 N–H and O–H groups in total. The van der Waals surface area contributed by atoms with E-state index in [0.717, 1.165) is 31.3 Å². The van der Waals surface area contributed by atoms with Gasteiger partial charge in [-0.3, -0.25) is 9.88 Å². The Bertz CT molecular complexity index is 1500. The van der Waals surface area contributed by atoms with Crippen molar-refractivity contribution in [3.63, 3.8) is 0 Å². The molecule has 4 heterocycles. The molecule has 40 heavy (non-hydrogen) atoms. The zero-order valence-corrected chi connectivity index (χ0v) is 22.9. The first kappa shape index (κ1) is 24.5. The maximum absolute atomic E-state index is 11.4. The highest BCUT2D eigenvalue weighted by atomic mass is 16.5. The second-order valence-electron chi connectivity index (χ2n) is 14.3. The van der Waals surface area contributed by atoms with Crippen molar-refractivity contribution in [2.24, 2.45) is 17.3 Å². The molecule has 3 saturated carbocycles. The molecule has 2 bridgehead atoms. The molecule has 11 atom stereocenters. The minimum absolute atomic E-state index is 0.0727. The number of benzene rings is 1. The van der Waals surface area contributed by atoms with Crippen LogP contribution in [0.2, 0.25) is 0 Å². The number of hydrogen-bond donors (Lipinski definition) is 4. The Hall–Kier alpha value is -2.13. The summed E-state index contributed by atoms with van der Waals surface area (Å²) >= 11 is 0. The Morgan fingerprint density at radius 2 is 1.82 bits per heavy atom. The number of aliphatic hydroxyl groups is 4. The van der Waals surface area contributed by atoms with Crippen molar-refractivity contribution in [1.82, 2.24) is 9.88 Å². The highest BCUT2D eigenvalue weighted by Gasteiger charge is 2.78. The van der Waals surface area contributed by atoms with Crippen molar-refractivity contribution >= 4 is 10.8 Å². The van der Waals surface area contributed by atoms with Gasteiger partial charge in [0.1, 0.15) is 6.10 Å². The Morgan fingerprint density at radius 3 is 2.65 bits per heavy atom. The molecule has 1 aromatic heterocycles. The molecular weight excluding hydrogens is 504 g/mol. The third-order valence-electron chi connectivity index (χ3n) is 12.8. The Labute approximate surface area is 234 Å². The lowest BCUT2D eigenvalue weighted by Crippen LogP contribution is -2.63. The van der Waals surface area contributed by atoms with Crippen LogP contribution in [0, 0.1) is 17.3 Å². The van der Waals surface area contributed by atoms with Crippen molar-refractivity contribution in [3.8, 4) is 0 Å².